The van der Waals surface area contributed by atoms with Crippen molar-refractivity contribution in [1.82, 2.24) is 4.98 Å². The number of halogens is 2. The lowest BCUT2D eigenvalue weighted by Gasteiger charge is -2.36. The van der Waals surface area contributed by atoms with Crippen molar-refractivity contribution in [1.29, 1.82) is 5.26 Å². The molecule has 0 unspecified atom stereocenters. The van der Waals surface area contributed by atoms with Gasteiger partial charge in [-0.15, -0.1) is 0 Å². The molecule has 5 rings (SSSR count). The predicted octanol–water partition coefficient (Wildman–Crippen LogP) is 4.12. The fraction of sp³-hybridized carbons (Fsp3) is 0.154. The topological polar surface area (TPSA) is 100 Å². The second-order valence-corrected chi connectivity index (χ2v) is 8.77. The number of anilines is 1. The zero-order valence-electron chi connectivity index (χ0n) is 17.7. The lowest BCUT2D eigenvalue weighted by atomic mass is 9.67. The van der Waals surface area contributed by atoms with Crippen LogP contribution in [0.4, 0.5) is 10.1 Å². The maximum Gasteiger partial charge on any atom is 0.241 e. The Morgan fingerprint density at radius 3 is 2.47 bits per heavy atom. The second kappa shape index (κ2) is 8.08. The molecule has 3 aromatic rings. The van der Waals surface area contributed by atoms with E-state index in [1.165, 1.54) is 12.1 Å². The molecule has 0 bridgehead atoms. The average Bonchev–Trinajstić information content (AvgIpc) is 3.16. The van der Waals surface area contributed by atoms with Gasteiger partial charge < -0.3 is 10.6 Å². The van der Waals surface area contributed by atoms with Crippen LogP contribution in [-0.2, 0) is 4.79 Å². The molecular weight excluding hydrogens is 455 g/mol. The lowest BCUT2D eigenvalue weighted by Crippen LogP contribution is -2.49. The van der Waals surface area contributed by atoms with Gasteiger partial charge in [0.1, 0.15) is 11.9 Å². The smallest absolute Gasteiger partial charge is 0.241 e. The highest BCUT2D eigenvalue weighted by Gasteiger charge is 2.65. The van der Waals surface area contributed by atoms with Crippen LogP contribution in [0.15, 0.2) is 73.1 Å². The number of nitriles is 1. The number of rotatable bonds is 4. The maximum atomic E-state index is 14.0. The Balaban J connectivity index is 1.80. The fourth-order valence-electron chi connectivity index (χ4n) is 5.19. The Hall–Kier alpha value is -4.02. The van der Waals surface area contributed by atoms with Crippen molar-refractivity contribution in [3.63, 3.8) is 0 Å². The van der Waals surface area contributed by atoms with Crippen LogP contribution in [0.2, 0.25) is 5.02 Å². The summed E-state index contributed by atoms with van der Waals surface area (Å²) in [7, 11) is 0. The van der Waals surface area contributed by atoms with E-state index in [4.69, 9.17) is 17.3 Å². The van der Waals surface area contributed by atoms with Gasteiger partial charge in [0.05, 0.1) is 12.1 Å². The fourth-order valence-corrected chi connectivity index (χ4v) is 5.31. The third-order valence-corrected chi connectivity index (χ3v) is 6.91. The summed E-state index contributed by atoms with van der Waals surface area (Å²) >= 11 is 6.02. The summed E-state index contributed by atoms with van der Waals surface area (Å²) in [6.07, 6.45) is 6.39. The molecule has 1 aromatic heterocycles. The molecule has 0 radical (unpaired) electrons. The van der Waals surface area contributed by atoms with Gasteiger partial charge >= 0.3 is 0 Å². The summed E-state index contributed by atoms with van der Waals surface area (Å²) in [5.74, 6) is -2.50. The second-order valence-electron chi connectivity index (χ2n) is 8.33. The average molecular weight is 473 g/mol. The monoisotopic (exact) mass is 472 g/mol. The highest BCUT2D eigenvalue weighted by atomic mass is 35.5. The summed E-state index contributed by atoms with van der Waals surface area (Å²) in [4.78, 5) is 32.9. The van der Waals surface area contributed by atoms with Crippen molar-refractivity contribution in [2.45, 2.75) is 18.0 Å². The summed E-state index contributed by atoms with van der Waals surface area (Å²) in [5, 5.41) is 10.9. The number of carbonyl (C=O) groups excluding carboxylic acids is 2. The van der Waals surface area contributed by atoms with E-state index in [0.29, 0.717) is 27.4 Å². The predicted molar refractivity (Wildman–Crippen MR) is 125 cm³/mol. The van der Waals surface area contributed by atoms with Crippen LogP contribution in [0.1, 0.15) is 27.4 Å². The standard InChI is InChI=1S/C26H18ClFN4O2/c27-18-4-1-16(2-5-18)24(33)23-22(15-9-11-31-12-10-15)26(14-29,25(30)34)21-8-3-17-13-19(28)6-7-20(17)32(21)23/h1-13,21-23H,(H2,30,34)/t21-,22+,23+,26+/m1/s1. The zero-order chi connectivity index (χ0) is 24.0. The van der Waals surface area contributed by atoms with Crippen LogP contribution >= 0.6 is 11.6 Å². The first-order valence-electron chi connectivity index (χ1n) is 10.6. The quantitative estimate of drug-likeness (QED) is 0.576. The van der Waals surface area contributed by atoms with Gasteiger partial charge in [0.2, 0.25) is 5.91 Å². The van der Waals surface area contributed by atoms with Crippen molar-refractivity contribution in [3.05, 3.63) is 101 Å². The summed E-state index contributed by atoms with van der Waals surface area (Å²) in [5.41, 5.74) is 6.17. The number of ketones is 1. The Morgan fingerprint density at radius 1 is 1.12 bits per heavy atom. The minimum absolute atomic E-state index is 0.313. The van der Waals surface area contributed by atoms with E-state index in [9.17, 15) is 19.2 Å². The molecule has 0 saturated carbocycles. The van der Waals surface area contributed by atoms with Gasteiger partial charge in [0.15, 0.2) is 11.2 Å². The number of Topliss-reactive ketones (excluding diaryl/α,β-unsaturated/α-hetero) is 1. The maximum absolute atomic E-state index is 14.0. The minimum Gasteiger partial charge on any atom is -0.368 e. The first-order valence-corrected chi connectivity index (χ1v) is 10.9. The highest BCUT2D eigenvalue weighted by molar-refractivity contribution is 6.30. The van der Waals surface area contributed by atoms with Gasteiger partial charge in [-0.05, 0) is 60.2 Å². The number of amides is 1. The van der Waals surface area contributed by atoms with E-state index in [0.717, 1.165) is 0 Å². The van der Waals surface area contributed by atoms with Crippen LogP contribution in [0.3, 0.4) is 0 Å². The van der Waals surface area contributed by atoms with Gasteiger partial charge in [-0.25, -0.2) is 4.39 Å². The number of hydrogen-bond acceptors (Lipinski definition) is 5. The molecule has 168 valence electrons. The molecule has 1 fully saturated rings. The van der Waals surface area contributed by atoms with Crippen molar-refractivity contribution in [2.75, 3.05) is 4.90 Å². The number of aromatic nitrogens is 1. The van der Waals surface area contributed by atoms with E-state index >= 15 is 0 Å². The molecule has 6 nitrogen and oxygen atoms in total. The van der Waals surface area contributed by atoms with Gasteiger partial charge in [0.25, 0.3) is 0 Å². The molecule has 8 heteroatoms. The Labute approximate surface area is 200 Å². The molecule has 2 aliphatic heterocycles. The molecule has 1 amide bonds. The number of carbonyl (C=O) groups is 2. The van der Waals surface area contributed by atoms with E-state index in [1.807, 2.05) is 0 Å². The minimum atomic E-state index is -1.77. The number of nitrogens with zero attached hydrogens (tertiary/aromatic N) is 3. The first kappa shape index (κ1) is 21.8. The summed E-state index contributed by atoms with van der Waals surface area (Å²) in [6, 6.07) is 14.3. The molecule has 1 saturated heterocycles. The SMILES string of the molecule is N#C[C@@]1(C(N)=O)[C@@H](c2ccncc2)[C@@H](C(=O)c2ccc(Cl)cc2)N2c3ccc(F)cc3C=C[C@@H]21. The molecule has 3 heterocycles. The van der Waals surface area contributed by atoms with E-state index < -0.39 is 35.1 Å². The molecule has 2 N–H and O–H groups in total. The summed E-state index contributed by atoms with van der Waals surface area (Å²) < 4.78 is 14.0. The van der Waals surface area contributed by atoms with Crippen LogP contribution in [0, 0.1) is 22.6 Å². The van der Waals surface area contributed by atoms with E-state index in [2.05, 4.69) is 11.1 Å². The molecule has 0 aliphatic carbocycles. The number of hydrogen-bond donors (Lipinski definition) is 1. The van der Waals surface area contributed by atoms with Crippen molar-refractivity contribution in [2.24, 2.45) is 11.1 Å². The van der Waals surface area contributed by atoms with Crippen molar-refractivity contribution in [3.8, 4) is 6.07 Å². The number of pyridine rings is 1. The number of nitrogens with two attached hydrogens (primary N) is 1. The number of benzene rings is 2. The zero-order valence-corrected chi connectivity index (χ0v) is 18.5. The molecule has 4 atom stereocenters. The third kappa shape index (κ3) is 3.11. The van der Waals surface area contributed by atoms with Crippen LogP contribution < -0.4 is 10.6 Å². The molecule has 0 spiro atoms. The van der Waals surface area contributed by atoms with Gasteiger partial charge in [0, 0.05) is 40.1 Å². The van der Waals surface area contributed by atoms with Gasteiger partial charge in [-0.1, -0.05) is 23.8 Å². The molecule has 34 heavy (non-hydrogen) atoms. The van der Waals surface area contributed by atoms with Crippen LogP contribution in [0.5, 0.6) is 0 Å². The Bertz CT molecular complexity index is 1370. The van der Waals surface area contributed by atoms with E-state index in [1.54, 1.807) is 71.9 Å². The highest BCUT2D eigenvalue weighted by Crippen LogP contribution is 2.55. The number of primary amides is 1. The normalized spacial score (nSPS) is 24.7. The van der Waals surface area contributed by atoms with E-state index in [-0.39, 0.29) is 5.78 Å². The van der Waals surface area contributed by atoms with Crippen LogP contribution in [-0.4, -0.2) is 28.8 Å². The third-order valence-electron chi connectivity index (χ3n) is 6.65. The van der Waals surface area contributed by atoms with Gasteiger partial charge in [-0.3, -0.25) is 14.6 Å². The largest absolute Gasteiger partial charge is 0.368 e. The molecule has 2 aromatic carbocycles. The van der Waals surface area contributed by atoms with Crippen molar-refractivity contribution >= 4 is 35.1 Å². The lowest BCUT2D eigenvalue weighted by molar-refractivity contribution is -0.125. The Kier molecular flexibility index (Phi) is 5.18. The summed E-state index contributed by atoms with van der Waals surface area (Å²) in [6.45, 7) is 0. The van der Waals surface area contributed by atoms with Crippen LogP contribution in [0.25, 0.3) is 6.08 Å². The van der Waals surface area contributed by atoms with Crippen molar-refractivity contribution < 1.29 is 14.0 Å². The molecular formula is C26H18ClFN4O2. The number of fused-ring (bicyclic) bond motifs is 3. The Morgan fingerprint density at radius 2 is 1.82 bits per heavy atom. The first-order chi connectivity index (χ1) is 16.4. The molecule has 2 aliphatic rings. The van der Waals surface area contributed by atoms with Gasteiger partial charge in [-0.2, -0.15) is 5.26 Å².